The molecule has 0 aliphatic heterocycles. The van der Waals surface area contributed by atoms with Gasteiger partial charge in [0.15, 0.2) is 5.96 Å². The van der Waals surface area contributed by atoms with Crippen LogP contribution >= 0.6 is 11.3 Å². The zero-order valence-corrected chi connectivity index (χ0v) is 13.2. The van der Waals surface area contributed by atoms with E-state index in [1.54, 1.807) is 18.4 Å². The lowest BCUT2D eigenvalue weighted by Crippen LogP contribution is -2.38. The highest BCUT2D eigenvalue weighted by molar-refractivity contribution is 7.09. The molecule has 114 valence electrons. The molecule has 1 heterocycles. The number of guanidine groups is 1. The molecule has 0 aliphatic carbocycles. The lowest BCUT2D eigenvalue weighted by molar-refractivity contribution is 0.0748. The number of nitrogens with zero attached hydrogens (tertiary/aromatic N) is 1. The fourth-order valence-corrected chi connectivity index (χ4v) is 2.28. The summed E-state index contributed by atoms with van der Waals surface area (Å²) in [5.41, 5.74) is 0. The van der Waals surface area contributed by atoms with Crippen LogP contribution < -0.4 is 10.6 Å². The highest BCUT2D eigenvalue weighted by Crippen LogP contribution is 2.07. The van der Waals surface area contributed by atoms with E-state index in [0.29, 0.717) is 26.4 Å². The summed E-state index contributed by atoms with van der Waals surface area (Å²) < 4.78 is 10.3. The summed E-state index contributed by atoms with van der Waals surface area (Å²) in [5, 5.41) is 8.66. The van der Waals surface area contributed by atoms with Gasteiger partial charge < -0.3 is 20.1 Å². The van der Waals surface area contributed by atoms with Crippen LogP contribution in [0.4, 0.5) is 0 Å². The van der Waals surface area contributed by atoms with Crippen LogP contribution in [0.15, 0.2) is 22.5 Å². The molecule has 20 heavy (non-hydrogen) atoms. The van der Waals surface area contributed by atoms with Crippen molar-refractivity contribution in [3.05, 3.63) is 22.4 Å². The fourth-order valence-electron chi connectivity index (χ4n) is 1.57. The van der Waals surface area contributed by atoms with Crippen LogP contribution in [0, 0.1) is 0 Å². The van der Waals surface area contributed by atoms with Crippen molar-refractivity contribution in [2.75, 3.05) is 46.6 Å². The van der Waals surface area contributed by atoms with Crippen molar-refractivity contribution in [2.24, 2.45) is 4.99 Å². The molecule has 0 saturated carbocycles. The average molecular weight is 299 g/mol. The van der Waals surface area contributed by atoms with E-state index in [1.807, 2.05) is 0 Å². The van der Waals surface area contributed by atoms with Gasteiger partial charge in [0.05, 0.1) is 26.4 Å². The molecular formula is C14H25N3O2S. The third-order valence-electron chi connectivity index (χ3n) is 2.53. The Bertz CT molecular complexity index is 355. The third-order valence-corrected chi connectivity index (χ3v) is 3.46. The number of ether oxygens (including phenoxy) is 2. The van der Waals surface area contributed by atoms with Crippen molar-refractivity contribution < 1.29 is 9.47 Å². The van der Waals surface area contributed by atoms with Gasteiger partial charge in [0.1, 0.15) is 0 Å². The summed E-state index contributed by atoms with van der Waals surface area (Å²) in [7, 11) is 1.67. The van der Waals surface area contributed by atoms with E-state index in [4.69, 9.17) is 9.47 Å². The maximum Gasteiger partial charge on any atom is 0.191 e. The first-order valence-electron chi connectivity index (χ1n) is 6.98. The SMILES string of the molecule is CCNC(=NCCOCCOC)NCCc1cccs1. The number of hydrogen-bond acceptors (Lipinski definition) is 4. The van der Waals surface area contributed by atoms with E-state index < -0.39 is 0 Å². The Hall–Kier alpha value is -1.11. The minimum absolute atomic E-state index is 0.616. The van der Waals surface area contributed by atoms with Crippen molar-refractivity contribution in [2.45, 2.75) is 13.3 Å². The lowest BCUT2D eigenvalue weighted by Gasteiger charge is -2.10. The second-order valence-electron chi connectivity index (χ2n) is 4.12. The monoisotopic (exact) mass is 299 g/mol. The molecule has 0 unspecified atom stereocenters. The molecule has 1 rings (SSSR count). The zero-order valence-electron chi connectivity index (χ0n) is 12.4. The molecule has 0 amide bonds. The van der Waals surface area contributed by atoms with Gasteiger partial charge in [-0.2, -0.15) is 0 Å². The Labute approximate surface area is 125 Å². The van der Waals surface area contributed by atoms with Crippen LogP contribution in [0.25, 0.3) is 0 Å². The molecule has 0 fully saturated rings. The Kier molecular flexibility index (Phi) is 9.91. The van der Waals surface area contributed by atoms with E-state index in [2.05, 4.69) is 40.1 Å². The van der Waals surface area contributed by atoms with Crippen LogP contribution in [-0.4, -0.2) is 52.5 Å². The summed E-state index contributed by atoms with van der Waals surface area (Å²) in [6, 6.07) is 4.23. The van der Waals surface area contributed by atoms with Gasteiger partial charge in [-0.3, -0.25) is 4.99 Å². The number of nitrogens with one attached hydrogen (secondary N) is 2. The summed E-state index contributed by atoms with van der Waals surface area (Å²) in [6.45, 7) is 6.32. The molecular weight excluding hydrogens is 274 g/mol. The van der Waals surface area contributed by atoms with Gasteiger partial charge in [-0.05, 0) is 24.8 Å². The largest absolute Gasteiger partial charge is 0.382 e. The highest BCUT2D eigenvalue weighted by Gasteiger charge is 1.98. The molecule has 0 aliphatic rings. The zero-order chi connectivity index (χ0) is 14.5. The summed E-state index contributed by atoms with van der Waals surface area (Å²) in [5.74, 6) is 0.847. The molecule has 1 aromatic heterocycles. The van der Waals surface area contributed by atoms with E-state index in [9.17, 15) is 0 Å². The first-order valence-corrected chi connectivity index (χ1v) is 7.86. The maximum absolute atomic E-state index is 5.38. The smallest absolute Gasteiger partial charge is 0.191 e. The second kappa shape index (κ2) is 11.7. The minimum Gasteiger partial charge on any atom is -0.382 e. The predicted octanol–water partition coefficient (Wildman–Crippen LogP) is 1.51. The summed E-state index contributed by atoms with van der Waals surface area (Å²) in [6.07, 6.45) is 1.02. The average Bonchev–Trinajstić information content (AvgIpc) is 2.96. The molecule has 5 nitrogen and oxygen atoms in total. The quantitative estimate of drug-likeness (QED) is 0.391. The number of aliphatic imine (C=N–C) groups is 1. The molecule has 0 aromatic carbocycles. The van der Waals surface area contributed by atoms with Crippen molar-refractivity contribution in [1.82, 2.24) is 10.6 Å². The fraction of sp³-hybridized carbons (Fsp3) is 0.643. The van der Waals surface area contributed by atoms with E-state index in [-0.39, 0.29) is 0 Å². The minimum atomic E-state index is 0.616. The molecule has 0 radical (unpaired) electrons. The van der Waals surface area contributed by atoms with E-state index in [1.165, 1.54) is 4.88 Å². The number of hydrogen-bond donors (Lipinski definition) is 2. The van der Waals surface area contributed by atoms with Crippen LogP contribution in [0.3, 0.4) is 0 Å². The number of rotatable bonds is 10. The van der Waals surface area contributed by atoms with Crippen molar-refractivity contribution in [3.63, 3.8) is 0 Å². The van der Waals surface area contributed by atoms with Gasteiger partial charge in [-0.15, -0.1) is 11.3 Å². The first kappa shape index (κ1) is 16.9. The summed E-state index contributed by atoms with van der Waals surface area (Å²) >= 11 is 1.78. The maximum atomic E-state index is 5.38. The van der Waals surface area contributed by atoms with Crippen molar-refractivity contribution in [1.29, 1.82) is 0 Å². The van der Waals surface area contributed by atoms with Gasteiger partial charge in [-0.25, -0.2) is 0 Å². The lowest BCUT2D eigenvalue weighted by atomic mass is 10.3. The van der Waals surface area contributed by atoms with Gasteiger partial charge in [0.25, 0.3) is 0 Å². The van der Waals surface area contributed by atoms with Crippen LogP contribution in [0.1, 0.15) is 11.8 Å². The number of thiophene rings is 1. The third kappa shape index (κ3) is 8.14. The predicted molar refractivity (Wildman–Crippen MR) is 84.7 cm³/mol. The van der Waals surface area contributed by atoms with Gasteiger partial charge in [0, 0.05) is 25.1 Å². The summed E-state index contributed by atoms with van der Waals surface area (Å²) in [4.78, 5) is 5.85. The van der Waals surface area contributed by atoms with E-state index in [0.717, 1.165) is 25.5 Å². The molecule has 0 spiro atoms. The van der Waals surface area contributed by atoms with Crippen molar-refractivity contribution >= 4 is 17.3 Å². The second-order valence-corrected chi connectivity index (χ2v) is 5.15. The van der Waals surface area contributed by atoms with E-state index >= 15 is 0 Å². The molecule has 0 atom stereocenters. The van der Waals surface area contributed by atoms with Gasteiger partial charge >= 0.3 is 0 Å². The Morgan fingerprint density at radius 1 is 1.30 bits per heavy atom. The molecule has 0 saturated heterocycles. The molecule has 1 aromatic rings. The molecule has 0 bridgehead atoms. The highest BCUT2D eigenvalue weighted by atomic mass is 32.1. The van der Waals surface area contributed by atoms with Gasteiger partial charge in [0.2, 0.25) is 0 Å². The first-order chi connectivity index (χ1) is 9.86. The molecule has 2 N–H and O–H groups in total. The molecule has 6 heteroatoms. The topological polar surface area (TPSA) is 54.9 Å². The standard InChI is InChI=1S/C14H25N3O2S/c1-3-15-14(17-8-9-19-11-10-18-2)16-7-6-13-5-4-12-20-13/h4-5,12H,3,6-11H2,1-2H3,(H2,15,16,17). The van der Waals surface area contributed by atoms with Crippen LogP contribution in [-0.2, 0) is 15.9 Å². The Morgan fingerprint density at radius 3 is 2.90 bits per heavy atom. The number of methoxy groups -OCH3 is 1. The normalized spacial score (nSPS) is 11.6. The van der Waals surface area contributed by atoms with Crippen molar-refractivity contribution in [3.8, 4) is 0 Å². The Morgan fingerprint density at radius 2 is 2.20 bits per heavy atom. The Balaban J connectivity index is 2.17. The van der Waals surface area contributed by atoms with Gasteiger partial charge in [-0.1, -0.05) is 6.07 Å². The van der Waals surface area contributed by atoms with Crippen LogP contribution in [0.5, 0.6) is 0 Å². The van der Waals surface area contributed by atoms with Crippen LogP contribution in [0.2, 0.25) is 0 Å².